The third-order valence-electron chi connectivity index (χ3n) is 4.00. The molecule has 0 aliphatic carbocycles. The second kappa shape index (κ2) is 5.44. The first-order valence-electron chi connectivity index (χ1n) is 7.24. The molecule has 22 heavy (non-hydrogen) atoms. The monoisotopic (exact) mass is 325 g/mol. The first-order chi connectivity index (χ1) is 10.4. The van der Waals surface area contributed by atoms with E-state index in [1.807, 2.05) is 6.92 Å². The zero-order valence-corrected chi connectivity index (χ0v) is 13.4. The number of benzene rings is 1. The molecule has 7 nitrogen and oxygen atoms in total. The Morgan fingerprint density at radius 3 is 2.86 bits per heavy atom. The lowest BCUT2D eigenvalue weighted by molar-refractivity contribution is 0.282. The highest BCUT2D eigenvalue weighted by Gasteiger charge is 2.27. The van der Waals surface area contributed by atoms with Crippen molar-refractivity contribution in [1.29, 1.82) is 0 Å². The van der Waals surface area contributed by atoms with Crippen LogP contribution in [-0.4, -0.2) is 30.4 Å². The fourth-order valence-corrected chi connectivity index (χ4v) is 4.15. The number of nitrogens with zero attached hydrogens (tertiary/aromatic N) is 2. The molecule has 1 aliphatic heterocycles. The van der Waals surface area contributed by atoms with Gasteiger partial charge in [-0.2, -0.15) is 12.7 Å². The lowest BCUT2D eigenvalue weighted by atomic mass is 10.0. The van der Waals surface area contributed by atoms with Crippen molar-refractivity contribution in [3.63, 3.8) is 0 Å². The fraction of sp³-hybridized carbons (Fsp3) is 0.500. The number of rotatable bonds is 3. The molecule has 1 N–H and O–H groups in total. The number of hydrogen-bond donors (Lipinski definition) is 1. The standard InChI is InChI=1S/C14H19N3O4S/c1-10-4-3-7-17(9-10)22(19,20)15-11-5-6-12-13(8-11)21-14(18)16(12)2/h5-6,8,10,15H,3-4,7,9H2,1-2H3/t10-/m1/s1. The molecular formula is C14H19N3O4S. The Kier molecular flexibility index (Phi) is 3.73. The fourth-order valence-electron chi connectivity index (χ4n) is 2.78. The van der Waals surface area contributed by atoms with Crippen LogP contribution in [0.5, 0.6) is 0 Å². The lowest BCUT2D eigenvalue weighted by Crippen LogP contribution is -2.42. The van der Waals surface area contributed by atoms with E-state index in [2.05, 4.69) is 4.72 Å². The van der Waals surface area contributed by atoms with Gasteiger partial charge in [0, 0.05) is 26.2 Å². The molecule has 8 heteroatoms. The van der Waals surface area contributed by atoms with E-state index in [0.717, 1.165) is 12.8 Å². The average Bonchev–Trinajstić information content (AvgIpc) is 2.73. The quantitative estimate of drug-likeness (QED) is 0.927. The lowest BCUT2D eigenvalue weighted by Gasteiger charge is -2.30. The second-order valence-electron chi connectivity index (χ2n) is 5.82. The summed E-state index contributed by atoms with van der Waals surface area (Å²) in [5.74, 6) is -0.111. The van der Waals surface area contributed by atoms with Crippen molar-refractivity contribution in [2.24, 2.45) is 13.0 Å². The summed E-state index contributed by atoms with van der Waals surface area (Å²) in [5.41, 5.74) is 1.37. The average molecular weight is 325 g/mol. The number of aryl methyl sites for hydroxylation is 1. The molecule has 1 aliphatic rings. The molecule has 2 heterocycles. The SMILES string of the molecule is C[C@@H]1CCCN(S(=O)(=O)Nc2ccc3c(c2)oc(=O)n3C)C1. The first kappa shape index (κ1) is 15.1. The van der Waals surface area contributed by atoms with Crippen LogP contribution >= 0.6 is 0 Å². The number of oxazole rings is 1. The van der Waals surface area contributed by atoms with Crippen LogP contribution in [0, 0.1) is 5.92 Å². The van der Waals surface area contributed by atoms with Crippen LogP contribution in [0.25, 0.3) is 11.1 Å². The van der Waals surface area contributed by atoms with E-state index in [1.54, 1.807) is 19.2 Å². The predicted molar refractivity (Wildman–Crippen MR) is 84.0 cm³/mol. The maximum atomic E-state index is 12.4. The number of anilines is 1. The summed E-state index contributed by atoms with van der Waals surface area (Å²) < 4.78 is 35.3. The molecule has 1 aromatic heterocycles. The molecule has 3 rings (SSSR count). The summed E-state index contributed by atoms with van der Waals surface area (Å²) >= 11 is 0. The summed E-state index contributed by atoms with van der Waals surface area (Å²) in [6.07, 6.45) is 1.92. The van der Waals surface area contributed by atoms with Gasteiger partial charge >= 0.3 is 16.0 Å². The van der Waals surface area contributed by atoms with Crippen molar-refractivity contribution in [1.82, 2.24) is 8.87 Å². The van der Waals surface area contributed by atoms with E-state index in [0.29, 0.717) is 35.8 Å². The van der Waals surface area contributed by atoms with E-state index in [9.17, 15) is 13.2 Å². The molecule has 120 valence electrons. The third-order valence-corrected chi connectivity index (χ3v) is 5.50. The second-order valence-corrected chi connectivity index (χ2v) is 7.49. The van der Waals surface area contributed by atoms with Crippen LogP contribution in [0.1, 0.15) is 19.8 Å². The number of fused-ring (bicyclic) bond motifs is 1. The zero-order chi connectivity index (χ0) is 15.9. The minimum Gasteiger partial charge on any atom is -0.408 e. The number of piperidine rings is 1. The normalized spacial score (nSPS) is 20.4. The van der Waals surface area contributed by atoms with E-state index in [1.165, 1.54) is 14.9 Å². The third kappa shape index (κ3) is 2.76. The Labute approximate surface area is 128 Å². The molecule has 0 bridgehead atoms. The van der Waals surface area contributed by atoms with Crippen LogP contribution in [0.4, 0.5) is 5.69 Å². The minimum absolute atomic E-state index is 0.361. The molecule has 1 fully saturated rings. The first-order valence-corrected chi connectivity index (χ1v) is 8.68. The van der Waals surface area contributed by atoms with Gasteiger partial charge in [0.1, 0.15) is 0 Å². The van der Waals surface area contributed by atoms with Crippen molar-refractivity contribution < 1.29 is 12.8 Å². The largest absolute Gasteiger partial charge is 0.419 e. The Morgan fingerprint density at radius 1 is 1.36 bits per heavy atom. The van der Waals surface area contributed by atoms with Crippen LogP contribution in [0.2, 0.25) is 0 Å². The highest BCUT2D eigenvalue weighted by atomic mass is 32.2. The maximum absolute atomic E-state index is 12.4. The van der Waals surface area contributed by atoms with E-state index >= 15 is 0 Å². The molecular weight excluding hydrogens is 306 g/mol. The van der Waals surface area contributed by atoms with Gasteiger partial charge in [-0.05, 0) is 30.9 Å². The van der Waals surface area contributed by atoms with E-state index in [4.69, 9.17) is 4.42 Å². The molecule has 1 aromatic carbocycles. The van der Waals surface area contributed by atoms with Crippen molar-refractivity contribution in [2.75, 3.05) is 17.8 Å². The van der Waals surface area contributed by atoms with Crippen LogP contribution in [0.15, 0.2) is 27.4 Å². The Bertz CT molecular complexity index is 853. The van der Waals surface area contributed by atoms with Gasteiger partial charge in [0.05, 0.1) is 11.2 Å². The van der Waals surface area contributed by atoms with Gasteiger partial charge in [-0.1, -0.05) is 6.92 Å². The molecule has 2 aromatic rings. The number of hydrogen-bond acceptors (Lipinski definition) is 4. The summed E-state index contributed by atoms with van der Waals surface area (Å²) in [6, 6.07) is 4.82. The Hall–Kier alpha value is -1.80. The molecule has 1 saturated heterocycles. The molecule has 0 spiro atoms. The van der Waals surface area contributed by atoms with Gasteiger partial charge in [0.25, 0.3) is 0 Å². The van der Waals surface area contributed by atoms with Gasteiger partial charge in [0.15, 0.2) is 5.58 Å². The van der Waals surface area contributed by atoms with Gasteiger partial charge in [-0.25, -0.2) is 4.79 Å². The highest BCUT2D eigenvalue weighted by molar-refractivity contribution is 7.90. The van der Waals surface area contributed by atoms with E-state index < -0.39 is 16.0 Å². The van der Waals surface area contributed by atoms with Crippen molar-refractivity contribution in [3.8, 4) is 0 Å². The van der Waals surface area contributed by atoms with Crippen LogP contribution < -0.4 is 10.5 Å². The molecule has 0 amide bonds. The van der Waals surface area contributed by atoms with Crippen molar-refractivity contribution in [3.05, 3.63) is 28.7 Å². The van der Waals surface area contributed by atoms with E-state index in [-0.39, 0.29) is 0 Å². The predicted octanol–water partition coefficient (Wildman–Crippen LogP) is 1.52. The summed E-state index contributed by atoms with van der Waals surface area (Å²) in [6.45, 7) is 3.10. The topological polar surface area (TPSA) is 84.6 Å². The number of aromatic nitrogens is 1. The van der Waals surface area contributed by atoms with Gasteiger partial charge in [-0.3, -0.25) is 9.29 Å². The molecule has 0 radical (unpaired) electrons. The molecule has 0 unspecified atom stereocenters. The van der Waals surface area contributed by atoms with Crippen molar-refractivity contribution >= 4 is 27.0 Å². The van der Waals surface area contributed by atoms with Gasteiger partial charge in [0.2, 0.25) is 0 Å². The van der Waals surface area contributed by atoms with Crippen LogP contribution in [0.3, 0.4) is 0 Å². The summed E-state index contributed by atoms with van der Waals surface area (Å²) in [4.78, 5) is 11.5. The summed E-state index contributed by atoms with van der Waals surface area (Å²) in [7, 11) is -1.98. The minimum atomic E-state index is -3.58. The zero-order valence-electron chi connectivity index (χ0n) is 12.6. The summed E-state index contributed by atoms with van der Waals surface area (Å²) in [5, 5.41) is 0. The Morgan fingerprint density at radius 2 is 2.14 bits per heavy atom. The highest BCUT2D eigenvalue weighted by Crippen LogP contribution is 2.22. The molecule has 0 saturated carbocycles. The Balaban J connectivity index is 1.87. The maximum Gasteiger partial charge on any atom is 0.419 e. The van der Waals surface area contributed by atoms with Crippen LogP contribution in [-0.2, 0) is 17.3 Å². The molecule has 1 atom stereocenters. The van der Waals surface area contributed by atoms with Crippen molar-refractivity contribution in [2.45, 2.75) is 19.8 Å². The number of nitrogens with one attached hydrogen (secondary N) is 1. The van der Waals surface area contributed by atoms with Gasteiger partial charge < -0.3 is 4.42 Å². The van der Waals surface area contributed by atoms with Gasteiger partial charge in [-0.15, -0.1) is 0 Å². The smallest absolute Gasteiger partial charge is 0.408 e.